The number of piperidine rings is 1. The Morgan fingerprint density at radius 2 is 2.38 bits per heavy atom. The summed E-state index contributed by atoms with van der Waals surface area (Å²) >= 11 is 1.72. The topological polar surface area (TPSA) is 36.4 Å². The van der Waals surface area contributed by atoms with E-state index in [9.17, 15) is 5.11 Å². The maximum absolute atomic E-state index is 9.40. The van der Waals surface area contributed by atoms with Crippen molar-refractivity contribution in [3.05, 3.63) is 16.1 Å². The molecule has 2 heterocycles. The highest BCUT2D eigenvalue weighted by Gasteiger charge is 2.27. The first-order chi connectivity index (χ1) is 7.70. The molecule has 1 aromatic heterocycles. The molecular formula is C12H20N2OS. The minimum Gasteiger partial charge on any atom is -0.395 e. The lowest BCUT2D eigenvalue weighted by molar-refractivity contribution is 0.0451. The fourth-order valence-corrected chi connectivity index (χ4v) is 3.23. The SMILES string of the molecule is Cc1csc(CN2C(C)CCCC2CO)n1. The zero-order valence-corrected chi connectivity index (χ0v) is 10.8. The normalized spacial score (nSPS) is 27.2. The molecule has 2 atom stereocenters. The number of aliphatic hydroxyl groups is 1. The molecule has 0 saturated carbocycles. The van der Waals surface area contributed by atoms with Crippen molar-refractivity contribution in [1.82, 2.24) is 9.88 Å². The first-order valence-corrected chi connectivity index (χ1v) is 6.86. The molecule has 1 aromatic rings. The molecule has 2 unspecified atom stereocenters. The molecule has 0 amide bonds. The maximum atomic E-state index is 9.40. The van der Waals surface area contributed by atoms with E-state index < -0.39 is 0 Å². The Kier molecular flexibility index (Phi) is 3.95. The number of aromatic nitrogens is 1. The fourth-order valence-electron chi connectivity index (χ4n) is 2.45. The van der Waals surface area contributed by atoms with Gasteiger partial charge in [-0.15, -0.1) is 11.3 Å². The smallest absolute Gasteiger partial charge is 0.107 e. The summed E-state index contributed by atoms with van der Waals surface area (Å²) in [4.78, 5) is 6.91. The van der Waals surface area contributed by atoms with Crippen molar-refractivity contribution in [3.63, 3.8) is 0 Å². The van der Waals surface area contributed by atoms with Crippen LogP contribution in [0.5, 0.6) is 0 Å². The van der Waals surface area contributed by atoms with E-state index in [1.807, 2.05) is 6.92 Å². The van der Waals surface area contributed by atoms with Crippen molar-refractivity contribution < 1.29 is 5.11 Å². The van der Waals surface area contributed by atoms with Gasteiger partial charge in [0.25, 0.3) is 0 Å². The van der Waals surface area contributed by atoms with Crippen LogP contribution in [0.15, 0.2) is 5.38 Å². The summed E-state index contributed by atoms with van der Waals surface area (Å²) in [5.74, 6) is 0. The Bertz CT molecular complexity index is 340. The van der Waals surface area contributed by atoms with Crippen LogP contribution in [0.4, 0.5) is 0 Å². The Labute approximate surface area is 101 Å². The van der Waals surface area contributed by atoms with E-state index in [2.05, 4.69) is 22.2 Å². The molecule has 0 aliphatic carbocycles. The molecular weight excluding hydrogens is 220 g/mol. The van der Waals surface area contributed by atoms with Crippen molar-refractivity contribution in [2.75, 3.05) is 6.61 Å². The van der Waals surface area contributed by atoms with Gasteiger partial charge in [-0.3, -0.25) is 4.90 Å². The molecule has 16 heavy (non-hydrogen) atoms. The van der Waals surface area contributed by atoms with Gasteiger partial charge >= 0.3 is 0 Å². The monoisotopic (exact) mass is 240 g/mol. The molecule has 1 aliphatic rings. The van der Waals surface area contributed by atoms with Gasteiger partial charge in [-0.1, -0.05) is 6.42 Å². The van der Waals surface area contributed by atoms with Crippen molar-refractivity contribution in [3.8, 4) is 0 Å². The Hall–Kier alpha value is -0.450. The molecule has 0 bridgehead atoms. The number of likely N-dealkylation sites (tertiary alicyclic amines) is 1. The zero-order chi connectivity index (χ0) is 11.5. The van der Waals surface area contributed by atoms with E-state index >= 15 is 0 Å². The van der Waals surface area contributed by atoms with Gasteiger partial charge in [0.05, 0.1) is 13.2 Å². The molecule has 1 aliphatic heterocycles. The molecule has 0 radical (unpaired) electrons. The molecule has 1 saturated heterocycles. The van der Waals surface area contributed by atoms with E-state index in [1.54, 1.807) is 11.3 Å². The molecule has 1 fully saturated rings. The number of hydrogen-bond acceptors (Lipinski definition) is 4. The van der Waals surface area contributed by atoms with Gasteiger partial charge in [-0.05, 0) is 26.7 Å². The number of rotatable bonds is 3. The third-order valence-electron chi connectivity index (χ3n) is 3.39. The lowest BCUT2D eigenvalue weighted by Gasteiger charge is -2.39. The highest BCUT2D eigenvalue weighted by atomic mass is 32.1. The van der Waals surface area contributed by atoms with Crippen LogP contribution in [0, 0.1) is 6.92 Å². The summed E-state index contributed by atoms with van der Waals surface area (Å²) in [5, 5.41) is 12.7. The Balaban J connectivity index is 2.05. The van der Waals surface area contributed by atoms with E-state index in [0.29, 0.717) is 12.1 Å². The number of thiazole rings is 1. The summed E-state index contributed by atoms with van der Waals surface area (Å²) in [5.41, 5.74) is 1.10. The largest absolute Gasteiger partial charge is 0.395 e. The minimum absolute atomic E-state index is 0.273. The summed E-state index contributed by atoms with van der Waals surface area (Å²) in [7, 11) is 0. The van der Waals surface area contributed by atoms with Gasteiger partial charge < -0.3 is 5.11 Å². The van der Waals surface area contributed by atoms with E-state index in [1.165, 1.54) is 17.8 Å². The second kappa shape index (κ2) is 5.25. The molecule has 2 rings (SSSR count). The lowest BCUT2D eigenvalue weighted by atomic mass is 9.97. The van der Waals surface area contributed by atoms with Crippen LogP contribution >= 0.6 is 11.3 Å². The molecule has 3 nitrogen and oxygen atoms in total. The summed E-state index contributed by atoms with van der Waals surface area (Å²) in [6.07, 6.45) is 3.59. The number of aliphatic hydroxyl groups excluding tert-OH is 1. The second-order valence-corrected chi connectivity index (χ2v) is 5.61. The third-order valence-corrected chi connectivity index (χ3v) is 4.34. The molecule has 4 heteroatoms. The van der Waals surface area contributed by atoms with Crippen LogP contribution in [0.1, 0.15) is 36.9 Å². The fraction of sp³-hybridized carbons (Fsp3) is 0.750. The minimum atomic E-state index is 0.273. The van der Waals surface area contributed by atoms with E-state index in [4.69, 9.17) is 0 Å². The van der Waals surface area contributed by atoms with Gasteiger partial charge in [0.15, 0.2) is 0 Å². The predicted octanol–water partition coefficient (Wildman–Crippen LogP) is 2.19. The van der Waals surface area contributed by atoms with Crippen molar-refractivity contribution in [2.24, 2.45) is 0 Å². The van der Waals surface area contributed by atoms with Crippen molar-refractivity contribution in [2.45, 2.75) is 51.7 Å². The van der Waals surface area contributed by atoms with Crippen LogP contribution in [0.3, 0.4) is 0 Å². The number of hydrogen-bond donors (Lipinski definition) is 1. The van der Waals surface area contributed by atoms with E-state index in [-0.39, 0.29) is 6.61 Å². The molecule has 90 valence electrons. The van der Waals surface area contributed by atoms with Crippen LogP contribution in [0.25, 0.3) is 0 Å². The lowest BCUT2D eigenvalue weighted by Crippen LogP contribution is -2.46. The Morgan fingerprint density at radius 1 is 1.56 bits per heavy atom. The Morgan fingerprint density at radius 3 is 3.00 bits per heavy atom. The van der Waals surface area contributed by atoms with Crippen LogP contribution in [-0.4, -0.2) is 33.7 Å². The maximum Gasteiger partial charge on any atom is 0.107 e. The quantitative estimate of drug-likeness (QED) is 0.880. The van der Waals surface area contributed by atoms with Crippen LogP contribution in [0.2, 0.25) is 0 Å². The van der Waals surface area contributed by atoms with Gasteiger partial charge in [0, 0.05) is 23.2 Å². The van der Waals surface area contributed by atoms with Gasteiger partial charge in [0.2, 0.25) is 0 Å². The van der Waals surface area contributed by atoms with E-state index in [0.717, 1.165) is 18.7 Å². The highest BCUT2D eigenvalue weighted by molar-refractivity contribution is 7.09. The highest BCUT2D eigenvalue weighted by Crippen LogP contribution is 2.25. The first-order valence-electron chi connectivity index (χ1n) is 5.98. The molecule has 0 aromatic carbocycles. The van der Waals surface area contributed by atoms with Crippen LogP contribution < -0.4 is 0 Å². The summed E-state index contributed by atoms with van der Waals surface area (Å²) in [6, 6.07) is 0.892. The summed E-state index contributed by atoms with van der Waals surface area (Å²) < 4.78 is 0. The molecule has 1 N–H and O–H groups in total. The summed E-state index contributed by atoms with van der Waals surface area (Å²) in [6.45, 7) is 5.45. The van der Waals surface area contributed by atoms with Gasteiger partial charge in [-0.25, -0.2) is 4.98 Å². The standard InChI is InChI=1S/C12H20N2OS/c1-9-8-16-12(13-9)6-14-10(2)4-3-5-11(14)7-15/h8,10-11,15H,3-7H2,1-2H3. The number of nitrogens with zero attached hydrogens (tertiary/aromatic N) is 2. The van der Waals surface area contributed by atoms with Crippen LogP contribution in [-0.2, 0) is 6.54 Å². The average Bonchev–Trinajstić information content (AvgIpc) is 2.67. The predicted molar refractivity (Wildman–Crippen MR) is 66.6 cm³/mol. The first kappa shape index (κ1) is 12.0. The van der Waals surface area contributed by atoms with Crippen molar-refractivity contribution >= 4 is 11.3 Å². The van der Waals surface area contributed by atoms with Gasteiger partial charge in [-0.2, -0.15) is 0 Å². The third kappa shape index (κ3) is 2.62. The average molecular weight is 240 g/mol. The van der Waals surface area contributed by atoms with Gasteiger partial charge in [0.1, 0.15) is 5.01 Å². The van der Waals surface area contributed by atoms with Crippen molar-refractivity contribution in [1.29, 1.82) is 0 Å². The number of aryl methyl sites for hydroxylation is 1. The zero-order valence-electron chi connectivity index (χ0n) is 10.0. The second-order valence-electron chi connectivity index (χ2n) is 4.67. The molecule has 0 spiro atoms.